The Morgan fingerprint density at radius 3 is 2.29 bits per heavy atom. The average molecular weight is 342 g/mol. The minimum atomic E-state index is -0.446. The summed E-state index contributed by atoms with van der Waals surface area (Å²) in [6.45, 7) is 1.40. The Morgan fingerprint density at radius 1 is 1.12 bits per heavy atom. The molecule has 122 valence electrons. The van der Waals surface area contributed by atoms with E-state index < -0.39 is 6.04 Å². The van der Waals surface area contributed by atoms with Crippen LogP contribution in [0.5, 0.6) is 0 Å². The summed E-state index contributed by atoms with van der Waals surface area (Å²) in [5.41, 5.74) is 1.91. The summed E-state index contributed by atoms with van der Waals surface area (Å²) in [6.07, 6.45) is 0.0845. The molecule has 0 spiro atoms. The van der Waals surface area contributed by atoms with E-state index in [-0.39, 0.29) is 18.2 Å². The first-order valence-corrected chi connectivity index (χ1v) is 7.68. The third kappa shape index (κ3) is 5.11. The van der Waals surface area contributed by atoms with Gasteiger partial charge in [-0.3, -0.25) is 9.59 Å². The first kappa shape index (κ1) is 17.5. The standard InChI is InChI=1S/C18H16ClN3O2/c1-12(23)21-17(14-4-6-15(19)7-5-14)10-18(24)22-16-8-2-13(11-20)3-9-16/h2-9,17H,10H2,1H3,(H,21,23)(H,22,24). The molecule has 0 saturated carbocycles. The highest BCUT2D eigenvalue weighted by atomic mass is 35.5. The number of rotatable bonds is 5. The maximum Gasteiger partial charge on any atom is 0.226 e. The molecule has 0 radical (unpaired) electrons. The lowest BCUT2D eigenvalue weighted by molar-refractivity contribution is -0.120. The van der Waals surface area contributed by atoms with Gasteiger partial charge in [-0.1, -0.05) is 23.7 Å². The average Bonchev–Trinajstić information content (AvgIpc) is 2.55. The van der Waals surface area contributed by atoms with Gasteiger partial charge in [0.1, 0.15) is 0 Å². The van der Waals surface area contributed by atoms with Gasteiger partial charge in [0.2, 0.25) is 11.8 Å². The van der Waals surface area contributed by atoms with Crippen molar-refractivity contribution in [2.75, 3.05) is 5.32 Å². The Kier molecular flexibility index (Phi) is 5.94. The molecule has 24 heavy (non-hydrogen) atoms. The molecule has 0 fully saturated rings. The number of anilines is 1. The topological polar surface area (TPSA) is 82.0 Å². The Hall–Kier alpha value is -2.84. The molecule has 2 rings (SSSR count). The van der Waals surface area contributed by atoms with Crippen LogP contribution in [0.2, 0.25) is 5.02 Å². The van der Waals surface area contributed by atoms with Gasteiger partial charge in [0.25, 0.3) is 0 Å². The number of carbonyl (C=O) groups excluding carboxylic acids is 2. The molecule has 1 unspecified atom stereocenters. The van der Waals surface area contributed by atoms with E-state index in [9.17, 15) is 9.59 Å². The number of nitrogens with zero attached hydrogens (tertiary/aromatic N) is 1. The van der Waals surface area contributed by atoms with Gasteiger partial charge in [-0.05, 0) is 42.0 Å². The molecular weight excluding hydrogens is 326 g/mol. The first-order valence-electron chi connectivity index (χ1n) is 7.30. The summed E-state index contributed by atoms with van der Waals surface area (Å²) in [4.78, 5) is 23.7. The van der Waals surface area contributed by atoms with E-state index in [1.165, 1.54) is 6.92 Å². The van der Waals surface area contributed by atoms with Crippen LogP contribution < -0.4 is 10.6 Å². The quantitative estimate of drug-likeness (QED) is 0.874. The fourth-order valence-corrected chi connectivity index (χ4v) is 2.34. The van der Waals surface area contributed by atoms with Gasteiger partial charge in [0.15, 0.2) is 0 Å². The van der Waals surface area contributed by atoms with Crippen LogP contribution >= 0.6 is 11.6 Å². The summed E-state index contributed by atoms with van der Waals surface area (Å²) in [5, 5.41) is 14.9. The van der Waals surface area contributed by atoms with E-state index in [1.807, 2.05) is 6.07 Å². The van der Waals surface area contributed by atoms with E-state index in [2.05, 4.69) is 10.6 Å². The van der Waals surface area contributed by atoms with Crippen LogP contribution in [-0.4, -0.2) is 11.8 Å². The summed E-state index contributed by atoms with van der Waals surface area (Å²) in [6, 6.07) is 15.1. The normalized spacial score (nSPS) is 11.2. The van der Waals surface area contributed by atoms with E-state index in [1.54, 1.807) is 48.5 Å². The van der Waals surface area contributed by atoms with E-state index in [0.717, 1.165) is 5.56 Å². The van der Waals surface area contributed by atoms with Crippen LogP contribution in [0.3, 0.4) is 0 Å². The minimum absolute atomic E-state index is 0.0845. The Bertz CT molecular complexity index is 764. The third-order valence-electron chi connectivity index (χ3n) is 3.34. The fourth-order valence-electron chi connectivity index (χ4n) is 2.22. The monoisotopic (exact) mass is 341 g/mol. The van der Waals surface area contributed by atoms with Crippen molar-refractivity contribution in [1.29, 1.82) is 5.26 Å². The molecule has 0 aliphatic heterocycles. The maximum absolute atomic E-state index is 12.2. The number of hydrogen-bond acceptors (Lipinski definition) is 3. The largest absolute Gasteiger partial charge is 0.349 e. The smallest absolute Gasteiger partial charge is 0.226 e. The second kappa shape index (κ2) is 8.14. The highest BCUT2D eigenvalue weighted by molar-refractivity contribution is 6.30. The molecule has 5 nitrogen and oxygen atoms in total. The second-order valence-corrected chi connectivity index (χ2v) is 5.68. The van der Waals surface area contributed by atoms with Gasteiger partial charge in [-0.25, -0.2) is 0 Å². The van der Waals surface area contributed by atoms with Gasteiger partial charge in [0.05, 0.1) is 24.1 Å². The van der Waals surface area contributed by atoms with E-state index >= 15 is 0 Å². The summed E-state index contributed by atoms with van der Waals surface area (Å²) < 4.78 is 0. The molecule has 0 saturated heterocycles. The molecule has 2 aromatic rings. The highest BCUT2D eigenvalue weighted by Gasteiger charge is 2.17. The van der Waals surface area contributed by atoms with Crippen molar-refractivity contribution in [2.24, 2.45) is 0 Å². The lowest BCUT2D eigenvalue weighted by Gasteiger charge is -2.18. The number of carbonyl (C=O) groups is 2. The number of nitriles is 1. The first-order chi connectivity index (χ1) is 11.5. The van der Waals surface area contributed by atoms with E-state index in [0.29, 0.717) is 16.3 Å². The number of halogens is 1. The minimum Gasteiger partial charge on any atom is -0.349 e. The van der Waals surface area contributed by atoms with Crippen molar-refractivity contribution in [3.05, 3.63) is 64.7 Å². The van der Waals surface area contributed by atoms with Crippen LogP contribution in [0, 0.1) is 11.3 Å². The molecule has 0 heterocycles. The molecular formula is C18H16ClN3O2. The van der Waals surface area contributed by atoms with Crippen molar-refractivity contribution in [1.82, 2.24) is 5.32 Å². The van der Waals surface area contributed by atoms with Crippen molar-refractivity contribution < 1.29 is 9.59 Å². The van der Waals surface area contributed by atoms with Gasteiger partial charge in [-0.2, -0.15) is 5.26 Å². The summed E-state index contributed by atoms with van der Waals surface area (Å²) in [5.74, 6) is -0.463. The molecule has 2 amide bonds. The zero-order valence-electron chi connectivity index (χ0n) is 13.0. The van der Waals surface area contributed by atoms with Crippen LogP contribution in [0.4, 0.5) is 5.69 Å². The molecule has 0 bridgehead atoms. The molecule has 0 aromatic heterocycles. The number of amides is 2. The number of benzene rings is 2. The molecule has 1 atom stereocenters. The fraction of sp³-hybridized carbons (Fsp3) is 0.167. The predicted molar refractivity (Wildman–Crippen MR) is 92.4 cm³/mol. The lowest BCUT2D eigenvalue weighted by Crippen LogP contribution is -2.29. The summed E-state index contributed by atoms with van der Waals surface area (Å²) >= 11 is 5.87. The zero-order valence-corrected chi connectivity index (χ0v) is 13.8. The van der Waals surface area contributed by atoms with Gasteiger partial charge >= 0.3 is 0 Å². The van der Waals surface area contributed by atoms with Crippen molar-refractivity contribution >= 4 is 29.1 Å². The molecule has 6 heteroatoms. The number of hydrogen-bond donors (Lipinski definition) is 2. The third-order valence-corrected chi connectivity index (χ3v) is 3.59. The Balaban J connectivity index is 2.07. The van der Waals surface area contributed by atoms with Crippen LogP contribution in [0.15, 0.2) is 48.5 Å². The molecule has 0 aliphatic rings. The van der Waals surface area contributed by atoms with Crippen molar-refractivity contribution in [3.63, 3.8) is 0 Å². The van der Waals surface area contributed by atoms with Crippen LogP contribution in [0.25, 0.3) is 0 Å². The SMILES string of the molecule is CC(=O)NC(CC(=O)Nc1ccc(C#N)cc1)c1ccc(Cl)cc1. The second-order valence-electron chi connectivity index (χ2n) is 5.25. The molecule has 2 aromatic carbocycles. The molecule has 0 aliphatic carbocycles. The molecule has 2 N–H and O–H groups in total. The predicted octanol–water partition coefficient (Wildman–Crippen LogP) is 3.42. The zero-order chi connectivity index (χ0) is 17.5. The van der Waals surface area contributed by atoms with Crippen LogP contribution in [-0.2, 0) is 9.59 Å². The van der Waals surface area contributed by atoms with Gasteiger partial charge in [0, 0.05) is 17.6 Å². The van der Waals surface area contributed by atoms with Gasteiger partial charge in [-0.15, -0.1) is 0 Å². The van der Waals surface area contributed by atoms with Crippen molar-refractivity contribution in [2.45, 2.75) is 19.4 Å². The van der Waals surface area contributed by atoms with Crippen molar-refractivity contribution in [3.8, 4) is 6.07 Å². The summed E-state index contributed by atoms with van der Waals surface area (Å²) in [7, 11) is 0. The maximum atomic E-state index is 12.2. The van der Waals surface area contributed by atoms with E-state index in [4.69, 9.17) is 16.9 Å². The van der Waals surface area contributed by atoms with Gasteiger partial charge < -0.3 is 10.6 Å². The lowest BCUT2D eigenvalue weighted by atomic mass is 10.0. The van der Waals surface area contributed by atoms with Crippen LogP contribution in [0.1, 0.15) is 30.5 Å². The Labute approximate surface area is 145 Å². The number of nitrogens with one attached hydrogen (secondary N) is 2. The highest BCUT2D eigenvalue weighted by Crippen LogP contribution is 2.20. The Morgan fingerprint density at radius 2 is 1.75 bits per heavy atom.